The molecule has 3 rings (SSSR count). The molecule has 6 heteroatoms. The Kier molecular flexibility index (Phi) is 4.10. The summed E-state index contributed by atoms with van der Waals surface area (Å²) in [6.07, 6.45) is 2.65. The Morgan fingerprint density at radius 1 is 1.30 bits per heavy atom. The first-order valence-electron chi connectivity index (χ1n) is 7.18. The van der Waals surface area contributed by atoms with Crippen molar-refractivity contribution < 1.29 is 13.5 Å². The first-order valence-corrected chi connectivity index (χ1v) is 7.18. The molecule has 0 amide bonds. The minimum atomic E-state index is -2.55. The van der Waals surface area contributed by atoms with Gasteiger partial charge in [0.05, 0.1) is 13.2 Å². The van der Waals surface area contributed by atoms with Crippen LogP contribution in [-0.4, -0.2) is 36.3 Å². The van der Waals surface area contributed by atoms with E-state index in [1.54, 1.807) is 0 Å². The van der Waals surface area contributed by atoms with Crippen molar-refractivity contribution in [3.63, 3.8) is 0 Å². The summed E-state index contributed by atoms with van der Waals surface area (Å²) in [6.45, 7) is 2.83. The molecule has 2 aliphatic rings. The molecule has 1 unspecified atom stereocenters. The Morgan fingerprint density at radius 3 is 2.85 bits per heavy atom. The van der Waals surface area contributed by atoms with Gasteiger partial charge in [0.15, 0.2) is 0 Å². The number of hydrogen-bond donors (Lipinski definition) is 0. The van der Waals surface area contributed by atoms with Crippen LogP contribution < -0.4 is 4.90 Å². The van der Waals surface area contributed by atoms with Crippen LogP contribution in [0.3, 0.4) is 0 Å². The number of aromatic nitrogens is 2. The predicted octanol–water partition coefficient (Wildman–Crippen LogP) is 2.67. The third kappa shape index (κ3) is 2.90. The maximum absolute atomic E-state index is 12.7. The van der Waals surface area contributed by atoms with E-state index in [9.17, 15) is 8.78 Å². The monoisotopic (exact) mass is 283 g/mol. The van der Waals surface area contributed by atoms with Crippen molar-refractivity contribution in [2.45, 2.75) is 25.7 Å². The number of nitrogens with zero attached hydrogens (tertiary/aromatic N) is 3. The van der Waals surface area contributed by atoms with Crippen molar-refractivity contribution in [3.8, 4) is 0 Å². The van der Waals surface area contributed by atoms with Gasteiger partial charge in [-0.2, -0.15) is 0 Å². The van der Waals surface area contributed by atoms with Gasteiger partial charge in [0.1, 0.15) is 5.69 Å². The van der Waals surface area contributed by atoms with E-state index >= 15 is 0 Å². The zero-order valence-corrected chi connectivity index (χ0v) is 11.3. The summed E-state index contributed by atoms with van der Waals surface area (Å²) in [5.74, 6) is 1.57. The van der Waals surface area contributed by atoms with Crippen LogP contribution in [0.2, 0.25) is 0 Å². The molecular weight excluding hydrogens is 264 g/mol. The number of halogens is 2. The van der Waals surface area contributed by atoms with Crippen molar-refractivity contribution in [3.05, 3.63) is 18.0 Å². The van der Waals surface area contributed by atoms with E-state index < -0.39 is 6.43 Å². The molecule has 20 heavy (non-hydrogen) atoms. The molecule has 1 saturated heterocycles. The Hall–Kier alpha value is -1.30. The van der Waals surface area contributed by atoms with Crippen LogP contribution >= 0.6 is 0 Å². The van der Waals surface area contributed by atoms with E-state index in [0.717, 1.165) is 13.2 Å². The standard InChI is InChI=1S/C14H19F2N3O/c15-13(16)12-4-5-17-14(18-12)19-6-7-20-9-11(8-19)10-2-1-3-10/h4-5,10-11,13H,1-3,6-9H2. The van der Waals surface area contributed by atoms with Gasteiger partial charge < -0.3 is 9.64 Å². The van der Waals surface area contributed by atoms with Crippen LogP contribution in [0.1, 0.15) is 31.4 Å². The average molecular weight is 283 g/mol. The SMILES string of the molecule is FC(F)c1ccnc(N2CCOCC(C3CCC3)C2)n1. The number of ether oxygens (including phenoxy) is 1. The molecule has 1 aliphatic heterocycles. The lowest BCUT2D eigenvalue weighted by Crippen LogP contribution is -2.36. The summed E-state index contributed by atoms with van der Waals surface area (Å²) < 4.78 is 31.1. The Bertz CT molecular complexity index is 454. The third-order valence-electron chi connectivity index (χ3n) is 4.28. The summed E-state index contributed by atoms with van der Waals surface area (Å²) in [7, 11) is 0. The number of hydrogen-bond acceptors (Lipinski definition) is 4. The number of rotatable bonds is 3. The molecule has 110 valence electrons. The van der Waals surface area contributed by atoms with Gasteiger partial charge in [0, 0.05) is 25.2 Å². The maximum Gasteiger partial charge on any atom is 0.280 e. The van der Waals surface area contributed by atoms with Gasteiger partial charge in [-0.3, -0.25) is 0 Å². The van der Waals surface area contributed by atoms with Crippen molar-refractivity contribution in [2.24, 2.45) is 11.8 Å². The van der Waals surface area contributed by atoms with Crippen molar-refractivity contribution in [2.75, 3.05) is 31.2 Å². The predicted molar refractivity (Wildman–Crippen MR) is 70.9 cm³/mol. The molecule has 1 aromatic heterocycles. The molecule has 1 aliphatic carbocycles. The van der Waals surface area contributed by atoms with Gasteiger partial charge in [-0.25, -0.2) is 18.7 Å². The van der Waals surface area contributed by atoms with Crippen LogP contribution in [0.4, 0.5) is 14.7 Å². The molecule has 4 nitrogen and oxygen atoms in total. The molecule has 2 fully saturated rings. The van der Waals surface area contributed by atoms with Gasteiger partial charge in [0.25, 0.3) is 6.43 Å². The molecule has 1 aromatic rings. The highest BCUT2D eigenvalue weighted by Crippen LogP contribution is 2.35. The minimum Gasteiger partial charge on any atom is -0.379 e. The Morgan fingerprint density at radius 2 is 2.15 bits per heavy atom. The van der Waals surface area contributed by atoms with Gasteiger partial charge in [0.2, 0.25) is 5.95 Å². The van der Waals surface area contributed by atoms with Crippen molar-refractivity contribution >= 4 is 5.95 Å². The van der Waals surface area contributed by atoms with E-state index in [1.807, 2.05) is 4.90 Å². The summed E-state index contributed by atoms with van der Waals surface area (Å²) in [6, 6.07) is 1.27. The summed E-state index contributed by atoms with van der Waals surface area (Å²) in [4.78, 5) is 10.1. The van der Waals surface area contributed by atoms with Gasteiger partial charge in [-0.15, -0.1) is 0 Å². The summed E-state index contributed by atoms with van der Waals surface area (Å²) in [5, 5.41) is 0. The second kappa shape index (κ2) is 5.99. The molecule has 0 bridgehead atoms. The van der Waals surface area contributed by atoms with Crippen LogP contribution in [0, 0.1) is 11.8 Å². The van der Waals surface area contributed by atoms with Gasteiger partial charge in [-0.05, 0) is 12.0 Å². The maximum atomic E-state index is 12.7. The fraction of sp³-hybridized carbons (Fsp3) is 0.714. The lowest BCUT2D eigenvalue weighted by atomic mass is 9.76. The third-order valence-corrected chi connectivity index (χ3v) is 4.28. The zero-order valence-electron chi connectivity index (χ0n) is 11.3. The van der Waals surface area contributed by atoms with Crippen LogP contribution in [0.5, 0.6) is 0 Å². The first-order chi connectivity index (χ1) is 9.74. The quantitative estimate of drug-likeness (QED) is 0.855. The van der Waals surface area contributed by atoms with Gasteiger partial charge >= 0.3 is 0 Å². The highest BCUT2D eigenvalue weighted by atomic mass is 19.3. The molecule has 1 atom stereocenters. The van der Waals surface area contributed by atoms with Crippen LogP contribution in [0.15, 0.2) is 12.3 Å². The van der Waals surface area contributed by atoms with E-state index in [0.29, 0.717) is 30.9 Å². The van der Waals surface area contributed by atoms with E-state index in [-0.39, 0.29) is 5.69 Å². The minimum absolute atomic E-state index is 0.208. The molecule has 1 saturated carbocycles. The zero-order chi connectivity index (χ0) is 13.9. The Balaban J connectivity index is 1.75. The summed E-state index contributed by atoms with van der Waals surface area (Å²) >= 11 is 0. The number of alkyl halides is 2. The van der Waals surface area contributed by atoms with E-state index in [2.05, 4.69) is 9.97 Å². The molecule has 0 aromatic carbocycles. The molecular formula is C14H19F2N3O. The fourth-order valence-corrected chi connectivity index (χ4v) is 2.85. The lowest BCUT2D eigenvalue weighted by molar-refractivity contribution is 0.0784. The average Bonchev–Trinajstić information content (AvgIpc) is 2.63. The van der Waals surface area contributed by atoms with Gasteiger partial charge in [-0.1, -0.05) is 19.3 Å². The topological polar surface area (TPSA) is 38.2 Å². The normalized spacial score (nSPS) is 24.6. The molecule has 0 N–H and O–H groups in total. The van der Waals surface area contributed by atoms with E-state index in [4.69, 9.17) is 4.74 Å². The molecule has 0 radical (unpaired) electrons. The highest BCUT2D eigenvalue weighted by Gasteiger charge is 2.31. The first kappa shape index (κ1) is 13.7. The second-order valence-corrected chi connectivity index (χ2v) is 5.55. The van der Waals surface area contributed by atoms with Crippen LogP contribution in [-0.2, 0) is 4.74 Å². The fourth-order valence-electron chi connectivity index (χ4n) is 2.85. The Labute approximate surface area is 117 Å². The smallest absolute Gasteiger partial charge is 0.280 e. The van der Waals surface area contributed by atoms with Crippen molar-refractivity contribution in [1.82, 2.24) is 9.97 Å². The molecule has 2 heterocycles. The lowest BCUT2D eigenvalue weighted by Gasteiger charge is -2.34. The molecule has 0 spiro atoms. The second-order valence-electron chi connectivity index (χ2n) is 5.55. The van der Waals surface area contributed by atoms with Crippen LogP contribution in [0.25, 0.3) is 0 Å². The van der Waals surface area contributed by atoms with E-state index in [1.165, 1.54) is 31.5 Å². The largest absolute Gasteiger partial charge is 0.379 e. The number of anilines is 1. The highest BCUT2D eigenvalue weighted by molar-refractivity contribution is 5.31. The summed E-state index contributed by atoms with van der Waals surface area (Å²) in [5.41, 5.74) is -0.208. The van der Waals surface area contributed by atoms with Crippen molar-refractivity contribution in [1.29, 1.82) is 0 Å².